The minimum atomic E-state index is 0.0310. The van der Waals surface area contributed by atoms with Crippen molar-refractivity contribution < 1.29 is 4.79 Å². The van der Waals surface area contributed by atoms with Gasteiger partial charge in [0.1, 0.15) is 0 Å². The summed E-state index contributed by atoms with van der Waals surface area (Å²) in [6, 6.07) is 16.0. The third kappa shape index (κ3) is 4.19. The molecule has 1 fully saturated rings. The summed E-state index contributed by atoms with van der Waals surface area (Å²) in [5.41, 5.74) is 2.33. The zero-order valence-electron chi connectivity index (χ0n) is 14.4. The highest BCUT2D eigenvalue weighted by Gasteiger charge is 2.37. The molecule has 2 atom stereocenters. The zero-order valence-corrected chi connectivity index (χ0v) is 15.9. The lowest BCUT2D eigenvalue weighted by Crippen LogP contribution is -2.42. The van der Waals surface area contributed by atoms with Gasteiger partial charge in [0.25, 0.3) is 0 Å². The van der Waals surface area contributed by atoms with Gasteiger partial charge in [-0.1, -0.05) is 60.8 Å². The lowest BCUT2D eigenvalue weighted by Gasteiger charge is -2.42. The average molecular weight is 376 g/mol. The molecule has 0 bridgehead atoms. The second-order valence-electron chi connectivity index (χ2n) is 6.64. The number of unbranched alkanes of at least 4 members (excludes halogenated alkanes) is 1. The first-order chi connectivity index (χ1) is 12.1. The van der Waals surface area contributed by atoms with Crippen molar-refractivity contribution in [2.45, 2.75) is 44.6 Å². The lowest BCUT2D eigenvalue weighted by molar-refractivity contribution is -0.137. The second kappa shape index (κ2) is 8.25. The van der Waals surface area contributed by atoms with E-state index in [1.165, 1.54) is 5.56 Å². The van der Waals surface area contributed by atoms with Gasteiger partial charge in [0.2, 0.25) is 5.91 Å². The Kier molecular flexibility index (Phi) is 6.03. The summed E-state index contributed by atoms with van der Waals surface area (Å²) in [6.07, 6.45) is 3.51. The number of amides is 1. The fourth-order valence-electron chi connectivity index (χ4n) is 3.70. The van der Waals surface area contributed by atoms with Gasteiger partial charge in [-0.3, -0.25) is 4.79 Å². The minimum absolute atomic E-state index is 0.0310. The summed E-state index contributed by atoms with van der Waals surface area (Å²) >= 11 is 12.3. The molecule has 4 heteroatoms. The van der Waals surface area contributed by atoms with Crippen LogP contribution in [0.3, 0.4) is 0 Å². The summed E-state index contributed by atoms with van der Waals surface area (Å²) in [5.74, 6) is 0.487. The number of carbonyl (C=O) groups is 1. The largest absolute Gasteiger partial charge is 0.335 e. The number of piperidine rings is 1. The Hall–Kier alpha value is -1.51. The Bertz CT molecular complexity index is 729. The van der Waals surface area contributed by atoms with E-state index in [9.17, 15) is 4.79 Å². The SMILES string of the molecule is CCCCN1C(=O)CC[C@H](c2cccc(Cl)c2)[C@H]1c1ccc(Cl)cc1. The van der Waals surface area contributed by atoms with Gasteiger partial charge in [-0.05, 0) is 48.2 Å². The second-order valence-corrected chi connectivity index (χ2v) is 7.51. The Morgan fingerprint density at radius 2 is 1.80 bits per heavy atom. The number of nitrogens with zero attached hydrogens (tertiary/aromatic N) is 1. The molecule has 2 aromatic carbocycles. The normalized spacial score (nSPS) is 20.8. The minimum Gasteiger partial charge on any atom is -0.335 e. The first kappa shape index (κ1) is 18.3. The summed E-state index contributed by atoms with van der Waals surface area (Å²) in [7, 11) is 0. The fraction of sp³-hybridized carbons (Fsp3) is 0.381. The Morgan fingerprint density at radius 1 is 1.04 bits per heavy atom. The van der Waals surface area contributed by atoms with Gasteiger partial charge in [-0.2, -0.15) is 0 Å². The number of benzene rings is 2. The topological polar surface area (TPSA) is 20.3 Å². The third-order valence-electron chi connectivity index (χ3n) is 4.95. The van der Waals surface area contributed by atoms with Crippen LogP contribution in [0.2, 0.25) is 10.0 Å². The van der Waals surface area contributed by atoms with Crippen LogP contribution in [0.4, 0.5) is 0 Å². The van der Waals surface area contributed by atoms with Gasteiger partial charge in [0.15, 0.2) is 0 Å². The smallest absolute Gasteiger partial charge is 0.223 e. The van der Waals surface area contributed by atoms with Crippen molar-refractivity contribution in [3.8, 4) is 0 Å². The number of carbonyl (C=O) groups excluding carboxylic acids is 1. The van der Waals surface area contributed by atoms with E-state index >= 15 is 0 Å². The summed E-state index contributed by atoms with van der Waals surface area (Å²) in [5, 5.41) is 1.45. The van der Waals surface area contributed by atoms with Crippen molar-refractivity contribution in [1.82, 2.24) is 4.90 Å². The molecular weight excluding hydrogens is 353 g/mol. The first-order valence-electron chi connectivity index (χ1n) is 8.90. The van der Waals surface area contributed by atoms with Crippen LogP contribution in [0.25, 0.3) is 0 Å². The Labute approximate surface area is 159 Å². The van der Waals surface area contributed by atoms with Gasteiger partial charge in [0, 0.05) is 28.9 Å². The highest BCUT2D eigenvalue weighted by molar-refractivity contribution is 6.30. The van der Waals surface area contributed by atoms with Crippen LogP contribution in [-0.2, 0) is 4.79 Å². The molecule has 0 N–H and O–H groups in total. The van der Waals surface area contributed by atoms with Gasteiger partial charge >= 0.3 is 0 Å². The van der Waals surface area contributed by atoms with Crippen LogP contribution in [0.1, 0.15) is 55.7 Å². The number of halogens is 2. The van der Waals surface area contributed by atoms with Crippen LogP contribution in [0.15, 0.2) is 48.5 Å². The summed E-state index contributed by atoms with van der Waals surface area (Å²) < 4.78 is 0. The molecule has 2 aromatic rings. The molecule has 1 aliphatic heterocycles. The molecule has 1 amide bonds. The van der Waals surface area contributed by atoms with Gasteiger partial charge in [0.05, 0.1) is 6.04 Å². The van der Waals surface area contributed by atoms with E-state index in [-0.39, 0.29) is 17.9 Å². The van der Waals surface area contributed by atoms with Crippen molar-refractivity contribution in [1.29, 1.82) is 0 Å². The van der Waals surface area contributed by atoms with Crippen LogP contribution < -0.4 is 0 Å². The molecule has 0 unspecified atom stereocenters. The van der Waals surface area contributed by atoms with Crippen LogP contribution in [-0.4, -0.2) is 17.4 Å². The summed E-state index contributed by atoms with van der Waals surface area (Å²) in [4.78, 5) is 14.7. The van der Waals surface area contributed by atoms with E-state index < -0.39 is 0 Å². The molecule has 132 valence electrons. The molecule has 2 nitrogen and oxygen atoms in total. The van der Waals surface area contributed by atoms with E-state index in [2.05, 4.69) is 17.9 Å². The van der Waals surface area contributed by atoms with E-state index in [0.717, 1.165) is 36.4 Å². The predicted molar refractivity (Wildman–Crippen MR) is 104 cm³/mol. The molecule has 1 aliphatic rings. The van der Waals surface area contributed by atoms with Crippen molar-refractivity contribution in [3.63, 3.8) is 0 Å². The van der Waals surface area contributed by atoms with E-state index in [1.807, 2.05) is 42.5 Å². The number of rotatable bonds is 5. The molecule has 1 heterocycles. The standard InChI is InChI=1S/C21H23Cl2NO/c1-2-3-13-24-20(25)12-11-19(16-5-4-6-18(23)14-16)21(24)15-7-9-17(22)10-8-15/h4-10,14,19,21H,2-3,11-13H2,1H3/t19-,21-/m1/s1. The Morgan fingerprint density at radius 3 is 2.48 bits per heavy atom. The average Bonchev–Trinajstić information content (AvgIpc) is 2.61. The predicted octanol–water partition coefficient (Wildman–Crippen LogP) is 6.24. The first-order valence-corrected chi connectivity index (χ1v) is 9.66. The number of hydrogen-bond acceptors (Lipinski definition) is 1. The van der Waals surface area contributed by atoms with Crippen LogP contribution >= 0.6 is 23.2 Å². The van der Waals surface area contributed by atoms with E-state index in [1.54, 1.807) is 0 Å². The summed E-state index contributed by atoms with van der Waals surface area (Å²) in [6.45, 7) is 2.94. The maximum absolute atomic E-state index is 12.7. The van der Waals surface area contributed by atoms with E-state index in [4.69, 9.17) is 23.2 Å². The van der Waals surface area contributed by atoms with Crippen LogP contribution in [0.5, 0.6) is 0 Å². The van der Waals surface area contributed by atoms with Gasteiger partial charge in [-0.15, -0.1) is 0 Å². The molecule has 1 saturated heterocycles. The molecule has 0 aliphatic carbocycles. The maximum atomic E-state index is 12.7. The monoisotopic (exact) mass is 375 g/mol. The maximum Gasteiger partial charge on any atom is 0.223 e. The highest BCUT2D eigenvalue weighted by atomic mass is 35.5. The van der Waals surface area contributed by atoms with Crippen LogP contribution in [0, 0.1) is 0 Å². The fourth-order valence-corrected chi connectivity index (χ4v) is 4.03. The number of hydrogen-bond donors (Lipinski definition) is 0. The molecule has 0 saturated carbocycles. The molecule has 25 heavy (non-hydrogen) atoms. The van der Waals surface area contributed by atoms with Crippen molar-refractivity contribution in [3.05, 3.63) is 69.7 Å². The van der Waals surface area contributed by atoms with Crippen molar-refractivity contribution in [2.24, 2.45) is 0 Å². The zero-order chi connectivity index (χ0) is 17.8. The molecule has 0 spiro atoms. The molecule has 0 aromatic heterocycles. The van der Waals surface area contributed by atoms with Crippen molar-refractivity contribution in [2.75, 3.05) is 6.54 Å². The number of likely N-dealkylation sites (tertiary alicyclic amines) is 1. The quantitative estimate of drug-likeness (QED) is 0.605. The van der Waals surface area contributed by atoms with Crippen molar-refractivity contribution >= 4 is 29.1 Å². The lowest BCUT2D eigenvalue weighted by atomic mass is 9.79. The van der Waals surface area contributed by atoms with Gasteiger partial charge < -0.3 is 4.90 Å². The Balaban J connectivity index is 2.02. The molecule has 0 radical (unpaired) electrons. The highest BCUT2D eigenvalue weighted by Crippen LogP contribution is 2.43. The van der Waals surface area contributed by atoms with E-state index in [0.29, 0.717) is 11.4 Å². The molecule has 3 rings (SSSR count). The third-order valence-corrected chi connectivity index (χ3v) is 5.43. The van der Waals surface area contributed by atoms with Gasteiger partial charge in [-0.25, -0.2) is 0 Å². The molecular formula is C21H23Cl2NO.